The zero-order valence-corrected chi connectivity index (χ0v) is 12.1. The molecule has 2 heterocycles. The standard InChI is InChI=1S/C14H21N3O2/c1-9-5-7-17(8-6-9)13(18)12-10(2)15-14(19-4)16-11(12)3/h9H,5-8H2,1-4H3. The van der Waals surface area contributed by atoms with Crippen LogP contribution in [0, 0.1) is 19.8 Å². The van der Waals surface area contributed by atoms with Gasteiger partial charge in [0.2, 0.25) is 0 Å². The Balaban J connectivity index is 2.24. The maximum atomic E-state index is 12.6. The second kappa shape index (κ2) is 5.55. The maximum Gasteiger partial charge on any atom is 0.316 e. The summed E-state index contributed by atoms with van der Waals surface area (Å²) in [7, 11) is 1.53. The number of hydrogen-bond donors (Lipinski definition) is 0. The number of methoxy groups -OCH3 is 1. The molecule has 1 saturated heterocycles. The van der Waals surface area contributed by atoms with Crippen LogP contribution in [0.3, 0.4) is 0 Å². The topological polar surface area (TPSA) is 55.3 Å². The molecule has 1 amide bonds. The van der Waals surface area contributed by atoms with E-state index in [9.17, 15) is 4.79 Å². The van der Waals surface area contributed by atoms with Crippen LogP contribution in [-0.4, -0.2) is 41.0 Å². The fourth-order valence-corrected chi connectivity index (χ4v) is 2.46. The van der Waals surface area contributed by atoms with Gasteiger partial charge in [0, 0.05) is 13.1 Å². The first-order chi connectivity index (χ1) is 9.02. The Labute approximate surface area is 114 Å². The SMILES string of the molecule is COc1nc(C)c(C(=O)N2CCC(C)CC2)c(C)n1. The van der Waals surface area contributed by atoms with E-state index in [2.05, 4.69) is 16.9 Å². The predicted octanol–water partition coefficient (Wildman–Crippen LogP) is 1.97. The minimum absolute atomic E-state index is 0.0459. The smallest absolute Gasteiger partial charge is 0.316 e. The first-order valence-electron chi connectivity index (χ1n) is 6.71. The van der Waals surface area contributed by atoms with Crippen molar-refractivity contribution in [1.29, 1.82) is 0 Å². The van der Waals surface area contributed by atoms with Crippen molar-refractivity contribution in [2.45, 2.75) is 33.6 Å². The van der Waals surface area contributed by atoms with Crippen LogP contribution in [0.25, 0.3) is 0 Å². The van der Waals surface area contributed by atoms with Crippen molar-refractivity contribution in [2.24, 2.45) is 5.92 Å². The molecule has 1 aromatic heterocycles. The molecule has 0 spiro atoms. The second-order valence-corrected chi connectivity index (χ2v) is 5.23. The number of carbonyl (C=O) groups excluding carboxylic acids is 1. The van der Waals surface area contributed by atoms with Gasteiger partial charge in [-0.25, -0.2) is 0 Å². The van der Waals surface area contributed by atoms with Crippen LogP contribution in [0.1, 0.15) is 41.5 Å². The van der Waals surface area contributed by atoms with Crippen molar-refractivity contribution in [3.05, 3.63) is 17.0 Å². The van der Waals surface area contributed by atoms with E-state index in [1.165, 1.54) is 7.11 Å². The molecule has 0 unspecified atom stereocenters. The van der Waals surface area contributed by atoms with Crippen molar-refractivity contribution < 1.29 is 9.53 Å². The van der Waals surface area contributed by atoms with Crippen LogP contribution in [0.2, 0.25) is 0 Å². The Hall–Kier alpha value is -1.65. The maximum absolute atomic E-state index is 12.6. The van der Waals surface area contributed by atoms with Gasteiger partial charge in [0.05, 0.1) is 24.1 Å². The summed E-state index contributed by atoms with van der Waals surface area (Å²) >= 11 is 0. The van der Waals surface area contributed by atoms with E-state index in [0.717, 1.165) is 25.9 Å². The zero-order chi connectivity index (χ0) is 14.0. The number of likely N-dealkylation sites (tertiary alicyclic amines) is 1. The molecule has 1 aliphatic rings. The Morgan fingerprint density at radius 1 is 1.21 bits per heavy atom. The van der Waals surface area contributed by atoms with Gasteiger partial charge >= 0.3 is 6.01 Å². The highest BCUT2D eigenvalue weighted by Crippen LogP contribution is 2.21. The molecular weight excluding hydrogens is 242 g/mol. The number of hydrogen-bond acceptors (Lipinski definition) is 4. The summed E-state index contributed by atoms with van der Waals surface area (Å²) in [6, 6.07) is 0.318. The molecule has 104 valence electrons. The third-order valence-corrected chi connectivity index (χ3v) is 3.72. The van der Waals surface area contributed by atoms with Crippen molar-refractivity contribution in [3.63, 3.8) is 0 Å². The normalized spacial score (nSPS) is 16.5. The summed E-state index contributed by atoms with van der Waals surface area (Å²) in [5, 5.41) is 0. The van der Waals surface area contributed by atoms with E-state index in [-0.39, 0.29) is 5.91 Å². The average Bonchev–Trinajstić information content (AvgIpc) is 2.38. The van der Waals surface area contributed by atoms with Gasteiger partial charge in [-0.2, -0.15) is 9.97 Å². The van der Waals surface area contributed by atoms with E-state index < -0.39 is 0 Å². The highest BCUT2D eigenvalue weighted by Gasteiger charge is 2.25. The average molecular weight is 263 g/mol. The monoisotopic (exact) mass is 263 g/mol. The number of ether oxygens (including phenoxy) is 1. The third kappa shape index (κ3) is 2.85. The van der Waals surface area contributed by atoms with Crippen LogP contribution >= 0.6 is 0 Å². The van der Waals surface area contributed by atoms with E-state index in [1.54, 1.807) is 0 Å². The number of rotatable bonds is 2. The summed E-state index contributed by atoms with van der Waals surface area (Å²) in [5.41, 5.74) is 2.00. The molecule has 0 aromatic carbocycles. The quantitative estimate of drug-likeness (QED) is 0.818. The molecule has 0 aliphatic carbocycles. The van der Waals surface area contributed by atoms with Crippen LogP contribution < -0.4 is 4.74 Å². The summed E-state index contributed by atoms with van der Waals surface area (Å²) in [6.45, 7) is 7.54. The number of aromatic nitrogens is 2. The highest BCUT2D eigenvalue weighted by atomic mass is 16.5. The van der Waals surface area contributed by atoms with Crippen LogP contribution in [-0.2, 0) is 0 Å². The van der Waals surface area contributed by atoms with Gasteiger partial charge < -0.3 is 9.64 Å². The largest absolute Gasteiger partial charge is 0.467 e. The van der Waals surface area contributed by atoms with Crippen LogP contribution in [0.15, 0.2) is 0 Å². The fraction of sp³-hybridized carbons (Fsp3) is 0.643. The van der Waals surface area contributed by atoms with Gasteiger partial charge in [0.15, 0.2) is 0 Å². The molecule has 1 aromatic rings. The van der Waals surface area contributed by atoms with Crippen molar-refractivity contribution in [2.75, 3.05) is 20.2 Å². The van der Waals surface area contributed by atoms with Crippen LogP contribution in [0.5, 0.6) is 6.01 Å². The van der Waals surface area contributed by atoms with E-state index in [4.69, 9.17) is 4.74 Å². The fourth-order valence-electron chi connectivity index (χ4n) is 2.46. The molecule has 0 bridgehead atoms. The molecule has 5 nitrogen and oxygen atoms in total. The molecule has 0 atom stereocenters. The van der Waals surface area contributed by atoms with Crippen molar-refractivity contribution >= 4 is 5.91 Å². The Morgan fingerprint density at radius 3 is 2.21 bits per heavy atom. The lowest BCUT2D eigenvalue weighted by molar-refractivity contribution is 0.0694. The van der Waals surface area contributed by atoms with Gasteiger partial charge in [-0.3, -0.25) is 4.79 Å². The molecular formula is C14H21N3O2. The first-order valence-corrected chi connectivity index (χ1v) is 6.71. The van der Waals surface area contributed by atoms with Crippen molar-refractivity contribution in [3.8, 4) is 6.01 Å². The molecule has 1 aliphatic heterocycles. The van der Waals surface area contributed by atoms with E-state index >= 15 is 0 Å². The van der Waals surface area contributed by atoms with E-state index in [0.29, 0.717) is 28.9 Å². The predicted molar refractivity (Wildman–Crippen MR) is 72.4 cm³/mol. The van der Waals surface area contributed by atoms with Gasteiger partial charge in [-0.05, 0) is 32.6 Å². The molecule has 5 heteroatoms. The lowest BCUT2D eigenvalue weighted by Gasteiger charge is -2.30. The second-order valence-electron chi connectivity index (χ2n) is 5.23. The minimum atomic E-state index is 0.0459. The van der Waals surface area contributed by atoms with Crippen molar-refractivity contribution in [1.82, 2.24) is 14.9 Å². The molecule has 19 heavy (non-hydrogen) atoms. The molecule has 2 rings (SSSR count). The number of amides is 1. The summed E-state index contributed by atoms with van der Waals surface area (Å²) in [4.78, 5) is 22.9. The summed E-state index contributed by atoms with van der Waals surface area (Å²) < 4.78 is 5.02. The highest BCUT2D eigenvalue weighted by molar-refractivity contribution is 5.96. The van der Waals surface area contributed by atoms with Gasteiger partial charge in [-0.1, -0.05) is 6.92 Å². The van der Waals surface area contributed by atoms with Crippen LogP contribution in [0.4, 0.5) is 0 Å². The third-order valence-electron chi connectivity index (χ3n) is 3.72. The van der Waals surface area contributed by atoms with Gasteiger partial charge in [0.25, 0.3) is 5.91 Å². The Morgan fingerprint density at radius 2 is 1.74 bits per heavy atom. The number of carbonyl (C=O) groups is 1. The lowest BCUT2D eigenvalue weighted by atomic mass is 9.98. The van der Waals surface area contributed by atoms with Gasteiger partial charge in [0.1, 0.15) is 0 Å². The first kappa shape index (κ1) is 13.8. The summed E-state index contributed by atoms with van der Waals surface area (Å²) in [6.07, 6.45) is 2.14. The summed E-state index contributed by atoms with van der Waals surface area (Å²) in [5.74, 6) is 0.753. The number of piperidine rings is 1. The Bertz CT molecular complexity index is 457. The molecule has 0 saturated carbocycles. The molecule has 1 fully saturated rings. The minimum Gasteiger partial charge on any atom is -0.467 e. The number of aryl methyl sites for hydroxylation is 2. The Kier molecular flexibility index (Phi) is 4.02. The number of nitrogens with zero attached hydrogens (tertiary/aromatic N) is 3. The molecule has 0 N–H and O–H groups in total. The van der Waals surface area contributed by atoms with Gasteiger partial charge in [-0.15, -0.1) is 0 Å². The van der Waals surface area contributed by atoms with E-state index in [1.807, 2.05) is 18.7 Å². The molecule has 0 radical (unpaired) electrons. The lowest BCUT2D eigenvalue weighted by Crippen LogP contribution is -2.38. The zero-order valence-electron chi connectivity index (χ0n) is 12.1.